The molecule has 1 aliphatic rings. The number of hydrogen-bond donors (Lipinski definition) is 0. The third-order valence-corrected chi connectivity index (χ3v) is 4.37. The van der Waals surface area contributed by atoms with Crippen molar-refractivity contribution < 1.29 is 4.74 Å². The van der Waals surface area contributed by atoms with Crippen LogP contribution < -0.4 is 0 Å². The fourth-order valence-corrected chi connectivity index (χ4v) is 3.73. The fraction of sp³-hybridized carbons (Fsp3) is 0.500. The van der Waals surface area contributed by atoms with Crippen molar-refractivity contribution in [1.82, 2.24) is 9.97 Å². The van der Waals surface area contributed by atoms with Crippen LogP contribution in [0, 0.1) is 6.92 Å². The zero-order valence-electron chi connectivity index (χ0n) is 10.0. The monoisotopic (exact) mass is 268 g/mol. The molecule has 0 unspecified atom stereocenters. The molecule has 3 heterocycles. The lowest BCUT2D eigenvalue weighted by Crippen LogP contribution is -2.30. The van der Waals surface area contributed by atoms with Gasteiger partial charge in [-0.3, -0.25) is 0 Å². The van der Waals surface area contributed by atoms with Crippen LogP contribution in [0.25, 0.3) is 10.2 Å². The van der Waals surface area contributed by atoms with Crippen LogP contribution in [0.3, 0.4) is 0 Å². The molecule has 0 atom stereocenters. The SMILES string of the molecule is Cc1nc(Cl)c2c3c(sc2n1)COC(C)(C)C3. The van der Waals surface area contributed by atoms with Gasteiger partial charge in [0.2, 0.25) is 0 Å². The molecule has 0 aliphatic carbocycles. The van der Waals surface area contributed by atoms with Gasteiger partial charge in [-0.25, -0.2) is 9.97 Å². The number of halogens is 1. The predicted molar refractivity (Wildman–Crippen MR) is 69.7 cm³/mol. The molecule has 0 fully saturated rings. The van der Waals surface area contributed by atoms with Crippen LogP contribution in [0.4, 0.5) is 0 Å². The number of nitrogens with zero attached hydrogens (tertiary/aromatic N) is 2. The lowest BCUT2D eigenvalue weighted by Gasteiger charge is -2.30. The average Bonchev–Trinajstić information content (AvgIpc) is 2.53. The first-order valence-electron chi connectivity index (χ1n) is 5.55. The Labute approximate surface area is 109 Å². The van der Waals surface area contributed by atoms with Crippen molar-refractivity contribution in [1.29, 1.82) is 0 Å². The molecule has 5 heteroatoms. The molecule has 0 N–H and O–H groups in total. The average molecular weight is 269 g/mol. The van der Waals surface area contributed by atoms with Gasteiger partial charge < -0.3 is 4.74 Å². The van der Waals surface area contributed by atoms with Crippen LogP contribution in [-0.2, 0) is 17.8 Å². The smallest absolute Gasteiger partial charge is 0.141 e. The van der Waals surface area contributed by atoms with Gasteiger partial charge in [0.1, 0.15) is 15.8 Å². The molecular formula is C12H13ClN2OS. The van der Waals surface area contributed by atoms with Gasteiger partial charge in [0.15, 0.2) is 0 Å². The number of aromatic nitrogens is 2. The molecule has 1 aliphatic heterocycles. The first-order chi connectivity index (χ1) is 7.96. The van der Waals surface area contributed by atoms with Gasteiger partial charge in [-0.05, 0) is 26.3 Å². The van der Waals surface area contributed by atoms with Crippen LogP contribution in [0.1, 0.15) is 30.1 Å². The molecule has 0 aromatic carbocycles. The Kier molecular flexibility index (Phi) is 2.44. The second-order valence-corrected chi connectivity index (χ2v) is 6.41. The van der Waals surface area contributed by atoms with Crippen LogP contribution in [0.2, 0.25) is 5.15 Å². The molecule has 0 saturated heterocycles. The van der Waals surface area contributed by atoms with Crippen LogP contribution >= 0.6 is 22.9 Å². The van der Waals surface area contributed by atoms with Crippen molar-refractivity contribution in [3.05, 3.63) is 21.4 Å². The number of thiophene rings is 1. The molecule has 17 heavy (non-hydrogen) atoms. The summed E-state index contributed by atoms with van der Waals surface area (Å²) in [5, 5.41) is 1.59. The van der Waals surface area contributed by atoms with Crippen molar-refractivity contribution in [2.24, 2.45) is 0 Å². The maximum absolute atomic E-state index is 6.25. The van der Waals surface area contributed by atoms with Gasteiger partial charge in [-0.2, -0.15) is 0 Å². The van der Waals surface area contributed by atoms with Gasteiger partial charge in [0.25, 0.3) is 0 Å². The summed E-state index contributed by atoms with van der Waals surface area (Å²) >= 11 is 7.92. The van der Waals surface area contributed by atoms with Crippen molar-refractivity contribution in [2.75, 3.05) is 0 Å². The fourth-order valence-electron chi connectivity index (χ4n) is 2.20. The Morgan fingerprint density at radius 2 is 2.12 bits per heavy atom. The summed E-state index contributed by atoms with van der Waals surface area (Å²) in [4.78, 5) is 10.9. The highest BCUT2D eigenvalue weighted by Crippen LogP contribution is 2.40. The molecule has 3 nitrogen and oxygen atoms in total. The van der Waals surface area contributed by atoms with E-state index in [2.05, 4.69) is 23.8 Å². The Balaban J connectivity index is 2.28. The van der Waals surface area contributed by atoms with Crippen LogP contribution in [0.15, 0.2) is 0 Å². The van der Waals surface area contributed by atoms with E-state index in [0.717, 1.165) is 22.5 Å². The van der Waals surface area contributed by atoms with Gasteiger partial charge in [-0.1, -0.05) is 11.6 Å². The Morgan fingerprint density at radius 3 is 2.88 bits per heavy atom. The van der Waals surface area contributed by atoms with Crippen molar-refractivity contribution in [2.45, 2.75) is 39.4 Å². The van der Waals surface area contributed by atoms with E-state index in [1.54, 1.807) is 11.3 Å². The minimum atomic E-state index is -0.130. The van der Waals surface area contributed by atoms with E-state index in [1.165, 1.54) is 10.4 Å². The number of hydrogen-bond acceptors (Lipinski definition) is 4. The van der Waals surface area contributed by atoms with E-state index in [-0.39, 0.29) is 5.60 Å². The molecule has 0 saturated carbocycles. The highest BCUT2D eigenvalue weighted by molar-refractivity contribution is 7.19. The van der Waals surface area contributed by atoms with Gasteiger partial charge in [-0.15, -0.1) is 11.3 Å². The lowest BCUT2D eigenvalue weighted by atomic mass is 9.95. The maximum atomic E-state index is 6.25. The Bertz CT molecular complexity index is 606. The number of rotatable bonds is 0. The van der Waals surface area contributed by atoms with E-state index in [4.69, 9.17) is 16.3 Å². The van der Waals surface area contributed by atoms with Gasteiger partial charge in [0.05, 0.1) is 17.6 Å². The molecular weight excluding hydrogens is 256 g/mol. The zero-order valence-corrected chi connectivity index (χ0v) is 11.6. The second-order valence-electron chi connectivity index (χ2n) is 4.97. The van der Waals surface area contributed by atoms with Crippen molar-refractivity contribution >= 4 is 33.2 Å². The predicted octanol–water partition coefficient (Wildman–Crippen LogP) is 3.50. The highest BCUT2D eigenvalue weighted by atomic mass is 35.5. The molecule has 2 aromatic rings. The number of fused-ring (bicyclic) bond motifs is 3. The lowest BCUT2D eigenvalue weighted by molar-refractivity contribution is -0.0379. The minimum Gasteiger partial charge on any atom is -0.370 e. The Morgan fingerprint density at radius 1 is 1.35 bits per heavy atom. The van der Waals surface area contributed by atoms with E-state index < -0.39 is 0 Å². The molecule has 3 rings (SSSR count). The molecule has 0 bridgehead atoms. The molecule has 2 aromatic heterocycles. The van der Waals surface area contributed by atoms with Crippen molar-refractivity contribution in [3.63, 3.8) is 0 Å². The second kappa shape index (κ2) is 3.64. The topological polar surface area (TPSA) is 35.0 Å². The molecule has 90 valence electrons. The summed E-state index contributed by atoms with van der Waals surface area (Å²) < 4.78 is 5.81. The quantitative estimate of drug-likeness (QED) is 0.686. The largest absolute Gasteiger partial charge is 0.370 e. The van der Waals surface area contributed by atoms with Gasteiger partial charge in [0, 0.05) is 11.3 Å². The summed E-state index contributed by atoms with van der Waals surface area (Å²) in [5.74, 6) is 0.723. The van der Waals surface area contributed by atoms with E-state index in [1.807, 2.05) is 6.92 Å². The van der Waals surface area contributed by atoms with Crippen molar-refractivity contribution in [3.8, 4) is 0 Å². The number of ether oxygens (including phenoxy) is 1. The summed E-state index contributed by atoms with van der Waals surface area (Å²) in [6.07, 6.45) is 0.870. The highest BCUT2D eigenvalue weighted by Gasteiger charge is 2.30. The summed E-state index contributed by atoms with van der Waals surface area (Å²) in [6.45, 7) is 6.72. The molecule has 0 spiro atoms. The Hall–Kier alpha value is -0.710. The zero-order chi connectivity index (χ0) is 12.2. The van der Waals surface area contributed by atoms with E-state index in [0.29, 0.717) is 11.8 Å². The first-order valence-corrected chi connectivity index (χ1v) is 6.74. The maximum Gasteiger partial charge on any atom is 0.141 e. The minimum absolute atomic E-state index is 0.130. The number of aryl methyl sites for hydroxylation is 1. The summed E-state index contributed by atoms with van der Waals surface area (Å²) in [7, 11) is 0. The molecule has 0 radical (unpaired) electrons. The third kappa shape index (κ3) is 1.84. The molecule has 0 amide bonds. The summed E-state index contributed by atoms with van der Waals surface area (Å²) in [6, 6.07) is 0. The van der Waals surface area contributed by atoms with Crippen LogP contribution in [0.5, 0.6) is 0 Å². The normalized spacial score (nSPS) is 18.4. The standard InChI is InChI=1S/C12H13ClN2OS/c1-6-14-10(13)9-7-4-12(2,3)16-5-8(7)17-11(9)15-6/h4-5H2,1-3H3. The van der Waals surface area contributed by atoms with E-state index in [9.17, 15) is 0 Å². The van der Waals surface area contributed by atoms with E-state index >= 15 is 0 Å². The van der Waals surface area contributed by atoms with Crippen LogP contribution in [-0.4, -0.2) is 15.6 Å². The summed E-state index contributed by atoms with van der Waals surface area (Å²) in [5.41, 5.74) is 1.14. The first kappa shape index (κ1) is 11.4. The third-order valence-electron chi connectivity index (χ3n) is 3.00. The van der Waals surface area contributed by atoms with Gasteiger partial charge >= 0.3 is 0 Å².